The van der Waals surface area contributed by atoms with Gasteiger partial charge in [-0.1, -0.05) is 0 Å². The van der Waals surface area contributed by atoms with E-state index in [0.717, 1.165) is 18.2 Å². The molecule has 1 rings (SSSR count). The highest BCUT2D eigenvalue weighted by atomic mass is 16.5. The summed E-state index contributed by atoms with van der Waals surface area (Å²) in [7, 11) is 0. The lowest BCUT2D eigenvalue weighted by Gasteiger charge is -2.17. The van der Waals surface area contributed by atoms with Crippen LogP contribution in [0.4, 0.5) is 0 Å². The summed E-state index contributed by atoms with van der Waals surface area (Å²) in [4.78, 5) is 0. The molecule has 7 heavy (non-hydrogen) atoms. The highest BCUT2D eigenvalue weighted by molar-refractivity contribution is 4.58. The fourth-order valence-electron chi connectivity index (χ4n) is 0.644. The van der Waals surface area contributed by atoms with Crippen molar-refractivity contribution in [3.63, 3.8) is 0 Å². The second-order valence-electron chi connectivity index (χ2n) is 1.68. The van der Waals surface area contributed by atoms with Crippen LogP contribution in [0.15, 0.2) is 0 Å². The second kappa shape index (κ2) is 2.26. The summed E-state index contributed by atoms with van der Waals surface area (Å²) in [6.45, 7) is 3.01. The Morgan fingerprint density at radius 2 is 1.86 bits per heavy atom. The van der Waals surface area contributed by atoms with Crippen LogP contribution in [0.1, 0.15) is 0 Å². The molecule has 3 nitrogen and oxygen atoms in total. The number of nitrogens with one attached hydrogen (secondary N) is 1. The Morgan fingerprint density at radius 3 is 2.14 bits per heavy atom. The zero-order valence-corrected chi connectivity index (χ0v) is 4.18. The average Bonchev–Trinajstić information content (AvgIpc) is 1.69. The molecule has 0 aromatic heterocycles. The van der Waals surface area contributed by atoms with Gasteiger partial charge in [0.2, 0.25) is 0 Å². The fourth-order valence-corrected chi connectivity index (χ4v) is 0.644. The molecule has 0 spiro atoms. The maximum Gasteiger partial charge on any atom is 0.0397 e. The Labute approximate surface area is 42.9 Å². The lowest BCUT2D eigenvalue weighted by atomic mass is 10.4. The largest absolute Gasteiger partial charge is 0.314 e. The number of hydroxylamine groups is 2. The highest BCUT2D eigenvalue weighted by Crippen LogP contribution is 1.83. The van der Waals surface area contributed by atoms with Crippen molar-refractivity contribution in [2.45, 2.75) is 0 Å². The van der Waals surface area contributed by atoms with E-state index in [9.17, 15) is 5.21 Å². The monoisotopic (exact) mass is 101 g/mol. The highest BCUT2D eigenvalue weighted by Gasteiger charge is 2.04. The van der Waals surface area contributed by atoms with Crippen LogP contribution in [-0.4, -0.2) is 31.2 Å². The summed E-state index contributed by atoms with van der Waals surface area (Å²) in [6.07, 6.45) is 0. The van der Waals surface area contributed by atoms with Gasteiger partial charge in [0, 0.05) is 26.2 Å². The summed E-state index contributed by atoms with van der Waals surface area (Å²) in [5, 5.41) is 14.5. The molecule has 0 amide bonds. The average molecular weight is 101 g/mol. The SMILES string of the molecule is [O]N1CCNCC1. The third-order valence-corrected chi connectivity index (χ3v) is 1.08. The number of hydrogen-bond donors (Lipinski definition) is 1. The molecule has 1 aliphatic rings. The van der Waals surface area contributed by atoms with Crippen LogP contribution in [-0.2, 0) is 5.21 Å². The van der Waals surface area contributed by atoms with Gasteiger partial charge in [-0.2, -0.15) is 5.06 Å². The molecule has 1 aliphatic heterocycles. The fraction of sp³-hybridized carbons (Fsp3) is 1.00. The van der Waals surface area contributed by atoms with Crippen LogP contribution < -0.4 is 5.32 Å². The maximum absolute atomic E-state index is 10.3. The lowest BCUT2D eigenvalue weighted by Crippen LogP contribution is -2.40. The van der Waals surface area contributed by atoms with E-state index in [-0.39, 0.29) is 0 Å². The van der Waals surface area contributed by atoms with Crippen molar-refractivity contribution in [1.29, 1.82) is 0 Å². The number of piperazine rings is 1. The van der Waals surface area contributed by atoms with E-state index in [1.807, 2.05) is 0 Å². The predicted octanol–water partition coefficient (Wildman–Crippen LogP) is -0.763. The van der Waals surface area contributed by atoms with E-state index in [1.54, 1.807) is 0 Å². The first-order valence-electron chi connectivity index (χ1n) is 2.52. The standard InChI is InChI=1S/C4H9N2O/c7-6-3-1-5-2-4-6/h5H,1-4H2. The topological polar surface area (TPSA) is 35.2 Å². The van der Waals surface area contributed by atoms with Crippen LogP contribution in [0.2, 0.25) is 0 Å². The molecule has 1 heterocycles. The summed E-state index contributed by atoms with van der Waals surface area (Å²) >= 11 is 0. The molecule has 0 aromatic rings. The quantitative estimate of drug-likeness (QED) is 0.435. The third kappa shape index (κ3) is 1.43. The molecule has 1 fully saturated rings. The van der Waals surface area contributed by atoms with Crippen LogP contribution in [0.3, 0.4) is 0 Å². The number of hydrogen-bond acceptors (Lipinski definition) is 2. The van der Waals surface area contributed by atoms with Gasteiger partial charge in [-0.3, -0.25) is 0 Å². The Morgan fingerprint density at radius 1 is 1.29 bits per heavy atom. The van der Waals surface area contributed by atoms with Crippen LogP contribution in [0.25, 0.3) is 0 Å². The van der Waals surface area contributed by atoms with Gasteiger partial charge in [-0.15, -0.1) is 5.21 Å². The Bertz CT molecular complexity index is 51.7. The molecule has 1 N–H and O–H groups in total. The number of nitrogens with zero attached hydrogens (tertiary/aromatic N) is 1. The van der Waals surface area contributed by atoms with Crippen LogP contribution >= 0.6 is 0 Å². The van der Waals surface area contributed by atoms with Gasteiger partial charge < -0.3 is 5.32 Å². The maximum atomic E-state index is 10.3. The zero-order valence-electron chi connectivity index (χ0n) is 4.18. The predicted molar refractivity (Wildman–Crippen MR) is 25.1 cm³/mol. The van der Waals surface area contributed by atoms with E-state index in [1.165, 1.54) is 0 Å². The summed E-state index contributed by atoms with van der Waals surface area (Å²) in [6, 6.07) is 0. The normalized spacial score (nSPS) is 25.3. The molecule has 41 valence electrons. The van der Waals surface area contributed by atoms with Gasteiger partial charge in [-0.25, -0.2) is 0 Å². The smallest absolute Gasteiger partial charge is 0.0397 e. The lowest BCUT2D eigenvalue weighted by molar-refractivity contribution is -0.162. The molecule has 0 bridgehead atoms. The molecule has 0 saturated carbocycles. The van der Waals surface area contributed by atoms with Gasteiger partial charge >= 0.3 is 0 Å². The molecule has 0 atom stereocenters. The molecular weight excluding hydrogens is 92.1 g/mol. The van der Waals surface area contributed by atoms with E-state index in [4.69, 9.17) is 0 Å². The Kier molecular flexibility index (Phi) is 1.62. The molecule has 3 heteroatoms. The van der Waals surface area contributed by atoms with Crippen LogP contribution in [0.5, 0.6) is 0 Å². The van der Waals surface area contributed by atoms with Crippen molar-refractivity contribution < 1.29 is 5.21 Å². The van der Waals surface area contributed by atoms with E-state index in [0.29, 0.717) is 13.1 Å². The Balaban J connectivity index is 2.12. The van der Waals surface area contributed by atoms with Gasteiger partial charge in [0.15, 0.2) is 0 Å². The Hall–Kier alpha value is -0.120. The summed E-state index contributed by atoms with van der Waals surface area (Å²) < 4.78 is 0. The molecule has 0 unspecified atom stereocenters. The summed E-state index contributed by atoms with van der Waals surface area (Å²) in [5.41, 5.74) is 0. The van der Waals surface area contributed by atoms with Gasteiger partial charge in [0.1, 0.15) is 0 Å². The molecule has 0 aliphatic carbocycles. The molecule has 1 saturated heterocycles. The first-order valence-corrected chi connectivity index (χ1v) is 2.52. The van der Waals surface area contributed by atoms with Gasteiger partial charge in [0.25, 0.3) is 0 Å². The van der Waals surface area contributed by atoms with E-state index >= 15 is 0 Å². The minimum Gasteiger partial charge on any atom is -0.314 e. The van der Waals surface area contributed by atoms with Crippen molar-refractivity contribution in [2.75, 3.05) is 26.2 Å². The zero-order chi connectivity index (χ0) is 5.11. The first-order chi connectivity index (χ1) is 3.39. The first kappa shape index (κ1) is 5.03. The van der Waals surface area contributed by atoms with Gasteiger partial charge in [-0.05, 0) is 0 Å². The van der Waals surface area contributed by atoms with Crippen molar-refractivity contribution in [3.8, 4) is 0 Å². The molecule has 1 radical (unpaired) electrons. The van der Waals surface area contributed by atoms with Crippen molar-refractivity contribution in [2.24, 2.45) is 0 Å². The third-order valence-electron chi connectivity index (χ3n) is 1.08. The molecular formula is C4H9N2O. The molecule has 0 aromatic carbocycles. The van der Waals surface area contributed by atoms with Crippen molar-refractivity contribution in [1.82, 2.24) is 10.4 Å². The van der Waals surface area contributed by atoms with E-state index < -0.39 is 0 Å². The number of rotatable bonds is 0. The van der Waals surface area contributed by atoms with Crippen molar-refractivity contribution >= 4 is 0 Å². The summed E-state index contributed by atoms with van der Waals surface area (Å²) in [5.74, 6) is 0. The second-order valence-corrected chi connectivity index (χ2v) is 1.68. The van der Waals surface area contributed by atoms with E-state index in [2.05, 4.69) is 5.32 Å². The van der Waals surface area contributed by atoms with Crippen LogP contribution in [0, 0.1) is 0 Å². The van der Waals surface area contributed by atoms with Crippen molar-refractivity contribution in [3.05, 3.63) is 0 Å². The minimum atomic E-state index is 0.653. The minimum absolute atomic E-state index is 0.653. The van der Waals surface area contributed by atoms with Gasteiger partial charge in [0.05, 0.1) is 0 Å².